The molecule has 6 nitrogen and oxygen atoms in total. The second kappa shape index (κ2) is 5.83. The van der Waals surface area contributed by atoms with E-state index in [-0.39, 0.29) is 16.7 Å². The first-order valence-electron chi connectivity index (χ1n) is 7.82. The highest BCUT2D eigenvalue weighted by molar-refractivity contribution is 9.10. The van der Waals surface area contributed by atoms with Crippen LogP contribution in [0.4, 0.5) is 13.2 Å². The summed E-state index contributed by atoms with van der Waals surface area (Å²) in [5.41, 5.74) is -1.23. The summed E-state index contributed by atoms with van der Waals surface area (Å²) >= 11 is 3.34. The smallest absolute Gasteiger partial charge is 0.349 e. The standard InChI is InChI=1S/C16H13BrF3N5O/c17-10-6-22-25(7-10)15(3-4-15)9-21-14(26)11-2-1-5-24-8-12(16(18,19)20)23-13(11)24/h1-2,5-8H,3-4,9H2,(H,21,26). The number of amides is 1. The van der Waals surface area contributed by atoms with Gasteiger partial charge in [-0.25, -0.2) is 4.98 Å². The molecule has 0 saturated heterocycles. The van der Waals surface area contributed by atoms with Crippen LogP contribution >= 0.6 is 15.9 Å². The third-order valence-corrected chi connectivity index (χ3v) is 4.87. The van der Waals surface area contributed by atoms with Gasteiger partial charge >= 0.3 is 6.18 Å². The van der Waals surface area contributed by atoms with Crippen LogP contribution in [0.5, 0.6) is 0 Å². The molecule has 1 aliphatic carbocycles. The summed E-state index contributed by atoms with van der Waals surface area (Å²) in [4.78, 5) is 16.1. The van der Waals surface area contributed by atoms with Crippen molar-refractivity contribution in [3.63, 3.8) is 0 Å². The molecule has 26 heavy (non-hydrogen) atoms. The van der Waals surface area contributed by atoms with E-state index < -0.39 is 17.8 Å². The van der Waals surface area contributed by atoms with Gasteiger partial charge < -0.3 is 9.72 Å². The number of imidazole rings is 1. The molecule has 3 heterocycles. The Labute approximate surface area is 154 Å². The molecule has 0 aliphatic heterocycles. The molecule has 3 aromatic rings. The summed E-state index contributed by atoms with van der Waals surface area (Å²) in [5, 5.41) is 7.06. The fourth-order valence-electron chi connectivity index (χ4n) is 2.86. The van der Waals surface area contributed by atoms with Crippen LogP contribution in [0.3, 0.4) is 0 Å². The summed E-state index contributed by atoms with van der Waals surface area (Å²) in [7, 11) is 0. The zero-order valence-electron chi connectivity index (χ0n) is 13.3. The molecular weight excluding hydrogens is 415 g/mol. The molecule has 0 spiro atoms. The number of hydrogen-bond acceptors (Lipinski definition) is 3. The van der Waals surface area contributed by atoms with Crippen LogP contribution in [-0.4, -0.2) is 31.6 Å². The van der Waals surface area contributed by atoms with Crippen molar-refractivity contribution >= 4 is 27.5 Å². The highest BCUT2D eigenvalue weighted by Gasteiger charge is 2.45. The van der Waals surface area contributed by atoms with Crippen LogP contribution in [0.25, 0.3) is 5.65 Å². The summed E-state index contributed by atoms with van der Waals surface area (Å²) in [6.07, 6.45) is 2.98. The predicted molar refractivity (Wildman–Crippen MR) is 89.7 cm³/mol. The number of aromatic nitrogens is 4. The van der Waals surface area contributed by atoms with E-state index in [2.05, 4.69) is 31.3 Å². The summed E-state index contributed by atoms with van der Waals surface area (Å²) in [5.74, 6) is -0.465. The van der Waals surface area contributed by atoms with Crippen LogP contribution in [0, 0.1) is 0 Å². The Bertz CT molecular complexity index is 989. The Morgan fingerprint density at radius 1 is 1.35 bits per heavy atom. The zero-order valence-corrected chi connectivity index (χ0v) is 14.9. The Morgan fingerprint density at radius 3 is 2.73 bits per heavy atom. The van der Waals surface area contributed by atoms with E-state index in [1.54, 1.807) is 10.9 Å². The second-order valence-electron chi connectivity index (χ2n) is 6.29. The molecule has 0 unspecified atom stereocenters. The van der Waals surface area contributed by atoms with E-state index in [4.69, 9.17) is 0 Å². The third-order valence-electron chi connectivity index (χ3n) is 4.46. The molecule has 1 N–H and O–H groups in total. The fraction of sp³-hybridized carbons (Fsp3) is 0.312. The highest BCUT2D eigenvalue weighted by atomic mass is 79.9. The van der Waals surface area contributed by atoms with Crippen molar-refractivity contribution < 1.29 is 18.0 Å². The van der Waals surface area contributed by atoms with E-state index in [0.29, 0.717) is 6.54 Å². The molecule has 1 fully saturated rings. The lowest BCUT2D eigenvalue weighted by Crippen LogP contribution is -2.36. The number of nitrogens with one attached hydrogen (secondary N) is 1. The first kappa shape index (κ1) is 17.1. The Morgan fingerprint density at radius 2 is 2.12 bits per heavy atom. The number of alkyl halides is 3. The van der Waals surface area contributed by atoms with Crippen LogP contribution < -0.4 is 5.32 Å². The van der Waals surface area contributed by atoms with Gasteiger partial charge in [0, 0.05) is 25.1 Å². The Hall–Kier alpha value is -2.36. The van der Waals surface area contributed by atoms with Gasteiger partial charge in [-0.05, 0) is 40.9 Å². The monoisotopic (exact) mass is 427 g/mol. The quantitative estimate of drug-likeness (QED) is 0.694. The maximum absolute atomic E-state index is 12.9. The first-order valence-corrected chi connectivity index (χ1v) is 8.62. The molecule has 10 heteroatoms. The largest absolute Gasteiger partial charge is 0.434 e. The van der Waals surface area contributed by atoms with E-state index in [0.717, 1.165) is 23.5 Å². The maximum Gasteiger partial charge on any atom is 0.434 e. The van der Waals surface area contributed by atoms with Crippen molar-refractivity contribution in [3.8, 4) is 0 Å². The minimum absolute atomic E-state index is 0.0241. The molecule has 1 saturated carbocycles. The zero-order chi connectivity index (χ0) is 18.5. The molecule has 0 bridgehead atoms. The maximum atomic E-state index is 12.9. The predicted octanol–water partition coefficient (Wildman–Crippen LogP) is 3.23. The highest BCUT2D eigenvalue weighted by Crippen LogP contribution is 2.42. The number of fused-ring (bicyclic) bond motifs is 1. The van der Waals surface area contributed by atoms with Gasteiger partial charge in [0.1, 0.15) is 5.65 Å². The Kier molecular flexibility index (Phi) is 3.83. The van der Waals surface area contributed by atoms with E-state index in [1.165, 1.54) is 22.7 Å². The molecule has 136 valence electrons. The number of rotatable bonds is 4. The minimum atomic E-state index is -4.56. The van der Waals surface area contributed by atoms with Crippen LogP contribution in [0.15, 0.2) is 41.4 Å². The fourth-order valence-corrected chi connectivity index (χ4v) is 3.14. The van der Waals surface area contributed by atoms with Crippen molar-refractivity contribution in [1.82, 2.24) is 24.5 Å². The van der Waals surface area contributed by atoms with E-state index >= 15 is 0 Å². The second-order valence-corrected chi connectivity index (χ2v) is 7.20. The molecular formula is C16H13BrF3N5O. The van der Waals surface area contributed by atoms with Gasteiger partial charge in [-0.1, -0.05) is 0 Å². The summed E-state index contributed by atoms with van der Waals surface area (Å²) in [6.45, 7) is 0.341. The number of pyridine rings is 1. The molecule has 3 aromatic heterocycles. The van der Waals surface area contributed by atoms with Crippen molar-refractivity contribution in [2.75, 3.05) is 6.54 Å². The van der Waals surface area contributed by atoms with Crippen molar-refractivity contribution in [3.05, 3.63) is 52.7 Å². The van der Waals surface area contributed by atoms with Gasteiger partial charge in [0.2, 0.25) is 0 Å². The molecule has 4 rings (SSSR count). The van der Waals surface area contributed by atoms with Gasteiger partial charge in [-0.15, -0.1) is 0 Å². The Balaban J connectivity index is 1.56. The van der Waals surface area contributed by atoms with Crippen molar-refractivity contribution in [1.29, 1.82) is 0 Å². The summed E-state index contributed by atoms with van der Waals surface area (Å²) < 4.78 is 42.5. The van der Waals surface area contributed by atoms with E-state index in [9.17, 15) is 18.0 Å². The average Bonchev–Trinajstić information content (AvgIpc) is 3.02. The summed E-state index contributed by atoms with van der Waals surface area (Å²) in [6, 6.07) is 2.98. The first-order chi connectivity index (χ1) is 12.3. The van der Waals surface area contributed by atoms with Crippen LogP contribution in [-0.2, 0) is 11.7 Å². The molecule has 0 aromatic carbocycles. The lowest BCUT2D eigenvalue weighted by Gasteiger charge is -2.17. The number of nitrogens with zero attached hydrogens (tertiary/aromatic N) is 4. The van der Waals surface area contributed by atoms with Crippen molar-refractivity contribution in [2.24, 2.45) is 0 Å². The topological polar surface area (TPSA) is 64.2 Å². The molecule has 1 amide bonds. The van der Waals surface area contributed by atoms with Crippen LogP contribution in [0.1, 0.15) is 28.9 Å². The molecule has 0 atom stereocenters. The molecule has 0 radical (unpaired) electrons. The van der Waals surface area contributed by atoms with Gasteiger partial charge in [0.25, 0.3) is 5.91 Å². The normalized spacial score (nSPS) is 16.0. The van der Waals surface area contributed by atoms with E-state index in [1.807, 2.05) is 6.20 Å². The number of hydrogen-bond donors (Lipinski definition) is 1. The number of carbonyl (C=O) groups excluding carboxylic acids is 1. The van der Waals surface area contributed by atoms with Gasteiger partial charge in [-0.2, -0.15) is 18.3 Å². The lowest BCUT2D eigenvalue weighted by atomic mass is 10.2. The minimum Gasteiger partial charge on any atom is -0.349 e. The number of carbonyl (C=O) groups is 1. The van der Waals surface area contributed by atoms with Gasteiger partial charge in [-0.3, -0.25) is 9.48 Å². The van der Waals surface area contributed by atoms with Crippen molar-refractivity contribution in [2.45, 2.75) is 24.6 Å². The van der Waals surface area contributed by atoms with Gasteiger partial charge in [0.15, 0.2) is 5.69 Å². The third kappa shape index (κ3) is 2.98. The van der Waals surface area contributed by atoms with Gasteiger partial charge in [0.05, 0.1) is 21.8 Å². The number of halogens is 4. The van der Waals surface area contributed by atoms with Crippen LogP contribution in [0.2, 0.25) is 0 Å². The SMILES string of the molecule is O=C(NCC1(n2cc(Br)cn2)CC1)c1cccn2cc(C(F)(F)F)nc12. The molecule has 1 aliphatic rings. The average molecular weight is 428 g/mol. The lowest BCUT2D eigenvalue weighted by molar-refractivity contribution is -0.140.